The highest BCUT2D eigenvalue weighted by molar-refractivity contribution is 4.71. The monoisotopic (exact) mass is 145 g/mol. The second-order valence-corrected chi connectivity index (χ2v) is 2.98. The molecule has 0 unspecified atom stereocenters. The molecule has 1 aliphatic rings. The van der Waals surface area contributed by atoms with Gasteiger partial charge < -0.3 is 5.32 Å². The molecule has 0 aromatic rings. The van der Waals surface area contributed by atoms with Gasteiger partial charge in [-0.1, -0.05) is 6.42 Å². The maximum atomic E-state index is 11.7. The normalized spacial score (nSPS) is 26.7. The molecule has 60 valence electrons. The maximum Gasteiger partial charge on any atom is 0.0895 e. The summed E-state index contributed by atoms with van der Waals surface area (Å²) in [6.45, 7) is 0.981. The van der Waals surface area contributed by atoms with Crippen molar-refractivity contribution in [3.8, 4) is 0 Å². The lowest BCUT2D eigenvalue weighted by molar-refractivity contribution is 0.353. The lowest BCUT2D eigenvalue weighted by Crippen LogP contribution is -2.33. The molecule has 1 fully saturated rings. The average Bonchev–Trinajstić information content (AvgIpc) is 2.03. The summed E-state index contributed by atoms with van der Waals surface area (Å²) in [5, 5.41) is 3.39. The summed E-state index contributed by atoms with van der Waals surface area (Å²) in [7, 11) is 0. The Kier molecular flexibility index (Phi) is 3.73. The molecule has 0 radical (unpaired) electrons. The van der Waals surface area contributed by atoms with Crippen molar-refractivity contribution >= 4 is 0 Å². The van der Waals surface area contributed by atoms with E-state index in [1.54, 1.807) is 0 Å². The summed E-state index contributed by atoms with van der Waals surface area (Å²) >= 11 is 0. The van der Waals surface area contributed by atoms with E-state index < -0.39 is 0 Å². The number of hydrogen-bond acceptors (Lipinski definition) is 1. The Morgan fingerprint density at radius 1 is 1.40 bits per heavy atom. The summed E-state index contributed by atoms with van der Waals surface area (Å²) in [5.41, 5.74) is 0. The van der Waals surface area contributed by atoms with Gasteiger partial charge in [0.25, 0.3) is 0 Å². The molecule has 0 aromatic heterocycles. The minimum absolute atomic E-state index is 0.155. The fourth-order valence-electron chi connectivity index (χ4n) is 1.49. The van der Waals surface area contributed by atoms with Crippen molar-refractivity contribution in [1.82, 2.24) is 5.32 Å². The summed E-state index contributed by atoms with van der Waals surface area (Å²) < 4.78 is 11.7. The fraction of sp³-hybridized carbons (Fsp3) is 1.00. The number of piperidine rings is 1. The molecule has 0 amide bonds. The van der Waals surface area contributed by atoms with E-state index in [9.17, 15) is 4.39 Å². The van der Waals surface area contributed by atoms with E-state index in [0.717, 1.165) is 19.4 Å². The number of rotatable bonds is 3. The third kappa shape index (κ3) is 2.65. The first kappa shape index (κ1) is 7.99. The standard InChI is InChI=1S/C8H16FN/c9-6-3-5-8-4-1-2-7-10-8/h8,10H,1-7H2/t8-/m1/s1. The van der Waals surface area contributed by atoms with E-state index in [1.165, 1.54) is 19.3 Å². The van der Waals surface area contributed by atoms with Gasteiger partial charge in [-0.2, -0.15) is 0 Å². The highest BCUT2D eigenvalue weighted by Crippen LogP contribution is 2.11. The topological polar surface area (TPSA) is 12.0 Å². The van der Waals surface area contributed by atoms with Crippen molar-refractivity contribution in [3.05, 3.63) is 0 Å². The molecule has 2 heteroatoms. The molecule has 0 bridgehead atoms. The summed E-state index contributed by atoms with van der Waals surface area (Å²) in [6, 6.07) is 0.615. The molecule has 1 saturated heterocycles. The van der Waals surface area contributed by atoms with E-state index in [1.807, 2.05) is 0 Å². The predicted molar refractivity (Wildman–Crippen MR) is 40.9 cm³/mol. The van der Waals surface area contributed by atoms with Crippen LogP contribution in [0, 0.1) is 0 Å². The van der Waals surface area contributed by atoms with Crippen LogP contribution >= 0.6 is 0 Å². The van der Waals surface area contributed by atoms with Crippen LogP contribution in [-0.4, -0.2) is 19.3 Å². The molecular weight excluding hydrogens is 129 g/mol. The molecule has 1 atom stereocenters. The van der Waals surface area contributed by atoms with Crippen molar-refractivity contribution in [2.45, 2.75) is 38.1 Å². The molecule has 1 N–H and O–H groups in total. The first-order valence-corrected chi connectivity index (χ1v) is 4.23. The Labute approximate surface area is 62.0 Å². The van der Waals surface area contributed by atoms with Gasteiger partial charge in [-0.25, -0.2) is 0 Å². The van der Waals surface area contributed by atoms with Crippen molar-refractivity contribution in [3.63, 3.8) is 0 Å². The molecule has 1 aliphatic heterocycles. The van der Waals surface area contributed by atoms with E-state index >= 15 is 0 Å². The van der Waals surface area contributed by atoms with Crippen LogP contribution in [0.5, 0.6) is 0 Å². The van der Waals surface area contributed by atoms with Crippen LogP contribution in [0.1, 0.15) is 32.1 Å². The van der Waals surface area contributed by atoms with Gasteiger partial charge >= 0.3 is 0 Å². The molecule has 0 aromatic carbocycles. The van der Waals surface area contributed by atoms with Crippen LogP contribution in [0.25, 0.3) is 0 Å². The largest absolute Gasteiger partial charge is 0.314 e. The van der Waals surface area contributed by atoms with Gasteiger partial charge in [-0.15, -0.1) is 0 Å². The predicted octanol–water partition coefficient (Wildman–Crippen LogP) is 1.88. The van der Waals surface area contributed by atoms with E-state index in [2.05, 4.69) is 5.32 Å². The Bertz CT molecular complexity index is 79.3. The smallest absolute Gasteiger partial charge is 0.0895 e. The van der Waals surface area contributed by atoms with Crippen LogP contribution < -0.4 is 5.32 Å². The van der Waals surface area contributed by atoms with E-state index in [-0.39, 0.29) is 6.67 Å². The average molecular weight is 145 g/mol. The van der Waals surface area contributed by atoms with Gasteiger partial charge in [-0.05, 0) is 32.2 Å². The van der Waals surface area contributed by atoms with Crippen LogP contribution in [0.2, 0.25) is 0 Å². The first-order chi connectivity index (χ1) is 4.93. The van der Waals surface area contributed by atoms with Crippen LogP contribution in [0.15, 0.2) is 0 Å². The Hall–Kier alpha value is -0.110. The lowest BCUT2D eigenvalue weighted by atomic mass is 10.0. The lowest BCUT2D eigenvalue weighted by Gasteiger charge is -2.22. The zero-order valence-electron chi connectivity index (χ0n) is 6.41. The molecule has 0 aliphatic carbocycles. The molecule has 0 spiro atoms. The highest BCUT2D eigenvalue weighted by Gasteiger charge is 2.10. The van der Waals surface area contributed by atoms with E-state index in [0.29, 0.717) is 6.04 Å². The van der Waals surface area contributed by atoms with E-state index in [4.69, 9.17) is 0 Å². The SMILES string of the molecule is FCCC[C@H]1CCCCN1. The number of halogens is 1. The van der Waals surface area contributed by atoms with Gasteiger partial charge in [0.15, 0.2) is 0 Å². The third-order valence-corrected chi connectivity index (χ3v) is 2.10. The third-order valence-electron chi connectivity index (χ3n) is 2.10. The van der Waals surface area contributed by atoms with Crippen molar-refractivity contribution < 1.29 is 4.39 Å². The van der Waals surface area contributed by atoms with Gasteiger partial charge in [-0.3, -0.25) is 4.39 Å². The van der Waals surface area contributed by atoms with Crippen LogP contribution in [0.3, 0.4) is 0 Å². The quantitative estimate of drug-likeness (QED) is 0.639. The van der Waals surface area contributed by atoms with Crippen LogP contribution in [-0.2, 0) is 0 Å². The van der Waals surface area contributed by atoms with Crippen molar-refractivity contribution in [2.75, 3.05) is 13.2 Å². The molecule has 1 heterocycles. The molecular formula is C8H16FN. The van der Waals surface area contributed by atoms with Crippen molar-refractivity contribution in [2.24, 2.45) is 0 Å². The molecule has 1 nitrogen and oxygen atoms in total. The van der Waals surface area contributed by atoms with Crippen LogP contribution in [0.4, 0.5) is 4.39 Å². The minimum Gasteiger partial charge on any atom is -0.314 e. The second-order valence-electron chi connectivity index (χ2n) is 2.98. The van der Waals surface area contributed by atoms with Crippen molar-refractivity contribution in [1.29, 1.82) is 0 Å². The summed E-state index contributed by atoms with van der Waals surface area (Å²) in [6.07, 6.45) is 5.63. The fourth-order valence-corrected chi connectivity index (χ4v) is 1.49. The molecule has 1 rings (SSSR count). The first-order valence-electron chi connectivity index (χ1n) is 4.23. The zero-order valence-corrected chi connectivity index (χ0v) is 6.41. The summed E-state index contributed by atoms with van der Waals surface area (Å²) in [5.74, 6) is 0. The van der Waals surface area contributed by atoms with Gasteiger partial charge in [0, 0.05) is 6.04 Å². The number of nitrogens with one attached hydrogen (secondary N) is 1. The van der Waals surface area contributed by atoms with Gasteiger partial charge in [0.05, 0.1) is 6.67 Å². The second kappa shape index (κ2) is 4.67. The minimum atomic E-state index is -0.155. The molecule has 10 heavy (non-hydrogen) atoms. The summed E-state index contributed by atoms with van der Waals surface area (Å²) in [4.78, 5) is 0. The maximum absolute atomic E-state index is 11.7. The van der Waals surface area contributed by atoms with Gasteiger partial charge in [0.2, 0.25) is 0 Å². The number of hydrogen-bond donors (Lipinski definition) is 1. The Balaban J connectivity index is 2.02. The Morgan fingerprint density at radius 3 is 2.90 bits per heavy atom. The zero-order chi connectivity index (χ0) is 7.23. The highest BCUT2D eigenvalue weighted by atomic mass is 19.1. The number of alkyl halides is 1. The molecule has 0 saturated carbocycles. The Morgan fingerprint density at radius 2 is 2.30 bits per heavy atom. The van der Waals surface area contributed by atoms with Gasteiger partial charge in [0.1, 0.15) is 0 Å².